The minimum absolute atomic E-state index is 0.940. The van der Waals surface area contributed by atoms with Crippen LogP contribution in [0.1, 0.15) is 23.6 Å². The van der Waals surface area contributed by atoms with E-state index >= 15 is 0 Å². The van der Waals surface area contributed by atoms with Gasteiger partial charge in [-0.15, -0.1) is 0 Å². The molecule has 0 saturated carbocycles. The Morgan fingerprint density at radius 3 is 2.39 bits per heavy atom. The van der Waals surface area contributed by atoms with Gasteiger partial charge in [-0.2, -0.15) is 0 Å². The molecule has 0 unspecified atom stereocenters. The third kappa shape index (κ3) is 2.99. The van der Waals surface area contributed by atoms with Crippen LogP contribution in [0.25, 0.3) is 11.1 Å². The average molecular weight is 239 g/mol. The van der Waals surface area contributed by atoms with Gasteiger partial charge in [0.15, 0.2) is 0 Å². The molecule has 2 aromatic carbocycles. The minimum Gasteiger partial charge on any atom is -0.313 e. The Hall–Kier alpha value is -1.60. The Kier molecular flexibility index (Phi) is 4.16. The van der Waals surface area contributed by atoms with Gasteiger partial charge in [0, 0.05) is 6.54 Å². The summed E-state index contributed by atoms with van der Waals surface area (Å²) in [6.45, 7) is 8.40. The van der Waals surface area contributed by atoms with E-state index in [-0.39, 0.29) is 0 Å². The summed E-state index contributed by atoms with van der Waals surface area (Å²) in [4.78, 5) is 0. The lowest BCUT2D eigenvalue weighted by molar-refractivity contribution is 0.727. The van der Waals surface area contributed by atoms with Crippen LogP contribution in [0.4, 0.5) is 0 Å². The van der Waals surface area contributed by atoms with Crippen LogP contribution in [0.3, 0.4) is 0 Å². The highest BCUT2D eigenvalue weighted by Crippen LogP contribution is 2.23. The Bertz CT molecular complexity index is 529. The highest BCUT2D eigenvalue weighted by atomic mass is 14.8. The second kappa shape index (κ2) is 5.83. The molecule has 0 atom stereocenters. The highest BCUT2D eigenvalue weighted by Gasteiger charge is 2.01. The molecular formula is C17H21N. The molecule has 0 radical (unpaired) electrons. The predicted molar refractivity (Wildman–Crippen MR) is 78.7 cm³/mol. The second-order valence-corrected chi connectivity index (χ2v) is 4.78. The van der Waals surface area contributed by atoms with Crippen molar-refractivity contribution >= 4 is 0 Å². The SMILES string of the molecule is CCNCc1cccc(-c2ccc(C)c(C)c2)c1. The molecule has 2 aromatic rings. The Balaban J connectivity index is 2.29. The molecule has 1 heteroatoms. The predicted octanol–water partition coefficient (Wildman–Crippen LogP) is 4.08. The van der Waals surface area contributed by atoms with Gasteiger partial charge in [-0.1, -0.05) is 43.3 Å². The van der Waals surface area contributed by atoms with Gasteiger partial charge in [-0.05, 0) is 54.3 Å². The van der Waals surface area contributed by atoms with Gasteiger partial charge >= 0.3 is 0 Å². The third-order valence-corrected chi connectivity index (χ3v) is 3.35. The van der Waals surface area contributed by atoms with Crippen LogP contribution >= 0.6 is 0 Å². The Labute approximate surface area is 110 Å². The van der Waals surface area contributed by atoms with Gasteiger partial charge < -0.3 is 5.32 Å². The van der Waals surface area contributed by atoms with Crippen LogP contribution in [0.15, 0.2) is 42.5 Å². The number of rotatable bonds is 4. The molecule has 0 bridgehead atoms. The molecule has 2 rings (SSSR count). The van der Waals surface area contributed by atoms with E-state index in [4.69, 9.17) is 0 Å². The number of nitrogens with one attached hydrogen (secondary N) is 1. The Morgan fingerprint density at radius 1 is 0.889 bits per heavy atom. The summed E-state index contributed by atoms with van der Waals surface area (Å²) in [5.74, 6) is 0. The van der Waals surface area contributed by atoms with Crippen LogP contribution in [0, 0.1) is 13.8 Å². The lowest BCUT2D eigenvalue weighted by atomic mass is 9.99. The van der Waals surface area contributed by atoms with E-state index in [1.54, 1.807) is 0 Å². The number of hydrogen-bond donors (Lipinski definition) is 1. The van der Waals surface area contributed by atoms with Gasteiger partial charge in [-0.3, -0.25) is 0 Å². The molecule has 94 valence electrons. The molecule has 0 aliphatic rings. The van der Waals surface area contributed by atoms with Crippen molar-refractivity contribution in [2.24, 2.45) is 0 Å². The van der Waals surface area contributed by atoms with E-state index in [2.05, 4.69) is 68.6 Å². The molecule has 0 aromatic heterocycles. The molecular weight excluding hydrogens is 218 g/mol. The molecule has 0 saturated heterocycles. The quantitative estimate of drug-likeness (QED) is 0.847. The monoisotopic (exact) mass is 239 g/mol. The first-order valence-electron chi connectivity index (χ1n) is 6.58. The molecule has 1 N–H and O–H groups in total. The minimum atomic E-state index is 0.940. The zero-order valence-electron chi connectivity index (χ0n) is 11.5. The summed E-state index contributed by atoms with van der Waals surface area (Å²) < 4.78 is 0. The molecule has 0 fully saturated rings. The largest absolute Gasteiger partial charge is 0.313 e. The molecule has 0 amide bonds. The summed E-state index contributed by atoms with van der Waals surface area (Å²) in [5.41, 5.74) is 6.64. The van der Waals surface area contributed by atoms with Crippen molar-refractivity contribution in [3.63, 3.8) is 0 Å². The van der Waals surface area contributed by atoms with Gasteiger partial charge in [-0.25, -0.2) is 0 Å². The van der Waals surface area contributed by atoms with Crippen molar-refractivity contribution in [1.29, 1.82) is 0 Å². The molecule has 0 spiro atoms. The normalized spacial score (nSPS) is 10.6. The fraction of sp³-hybridized carbons (Fsp3) is 0.294. The third-order valence-electron chi connectivity index (χ3n) is 3.35. The first-order chi connectivity index (χ1) is 8.70. The van der Waals surface area contributed by atoms with E-state index in [1.165, 1.54) is 27.8 Å². The summed E-state index contributed by atoms with van der Waals surface area (Å²) in [5, 5.41) is 3.36. The fourth-order valence-electron chi connectivity index (χ4n) is 2.05. The molecule has 0 aliphatic carbocycles. The van der Waals surface area contributed by atoms with Gasteiger partial charge in [0.25, 0.3) is 0 Å². The van der Waals surface area contributed by atoms with E-state index in [0.717, 1.165) is 13.1 Å². The van der Waals surface area contributed by atoms with Gasteiger partial charge in [0.2, 0.25) is 0 Å². The van der Waals surface area contributed by atoms with Crippen molar-refractivity contribution in [2.45, 2.75) is 27.3 Å². The highest BCUT2D eigenvalue weighted by molar-refractivity contribution is 5.65. The summed E-state index contributed by atoms with van der Waals surface area (Å²) in [6.07, 6.45) is 0. The Morgan fingerprint density at radius 2 is 1.67 bits per heavy atom. The van der Waals surface area contributed by atoms with E-state index < -0.39 is 0 Å². The molecule has 18 heavy (non-hydrogen) atoms. The lowest BCUT2D eigenvalue weighted by Gasteiger charge is -2.08. The average Bonchev–Trinajstić information content (AvgIpc) is 2.40. The zero-order chi connectivity index (χ0) is 13.0. The number of benzene rings is 2. The first-order valence-corrected chi connectivity index (χ1v) is 6.58. The van der Waals surface area contributed by atoms with Crippen molar-refractivity contribution in [3.8, 4) is 11.1 Å². The molecule has 0 heterocycles. The van der Waals surface area contributed by atoms with Gasteiger partial charge in [0.05, 0.1) is 0 Å². The van der Waals surface area contributed by atoms with Crippen molar-refractivity contribution in [3.05, 3.63) is 59.2 Å². The summed E-state index contributed by atoms with van der Waals surface area (Å²) in [7, 11) is 0. The van der Waals surface area contributed by atoms with Crippen molar-refractivity contribution < 1.29 is 0 Å². The first kappa shape index (κ1) is 12.8. The van der Waals surface area contributed by atoms with E-state index in [9.17, 15) is 0 Å². The van der Waals surface area contributed by atoms with Crippen LogP contribution in [0.2, 0.25) is 0 Å². The smallest absolute Gasteiger partial charge is 0.0205 e. The lowest BCUT2D eigenvalue weighted by Crippen LogP contribution is -2.11. The number of hydrogen-bond acceptors (Lipinski definition) is 1. The summed E-state index contributed by atoms with van der Waals surface area (Å²) >= 11 is 0. The maximum absolute atomic E-state index is 3.36. The fourth-order valence-corrected chi connectivity index (χ4v) is 2.05. The van der Waals surface area contributed by atoms with Crippen LogP contribution < -0.4 is 5.32 Å². The van der Waals surface area contributed by atoms with Gasteiger partial charge in [0.1, 0.15) is 0 Å². The van der Waals surface area contributed by atoms with Crippen molar-refractivity contribution in [2.75, 3.05) is 6.54 Å². The topological polar surface area (TPSA) is 12.0 Å². The second-order valence-electron chi connectivity index (χ2n) is 4.78. The number of aryl methyl sites for hydroxylation is 2. The van der Waals surface area contributed by atoms with Crippen LogP contribution in [0.5, 0.6) is 0 Å². The molecule has 0 aliphatic heterocycles. The molecule has 1 nitrogen and oxygen atoms in total. The van der Waals surface area contributed by atoms with Crippen LogP contribution in [-0.2, 0) is 6.54 Å². The zero-order valence-corrected chi connectivity index (χ0v) is 11.5. The maximum Gasteiger partial charge on any atom is 0.0205 e. The van der Waals surface area contributed by atoms with E-state index in [1.807, 2.05) is 0 Å². The van der Waals surface area contributed by atoms with Crippen molar-refractivity contribution in [1.82, 2.24) is 5.32 Å². The van der Waals surface area contributed by atoms with E-state index in [0.29, 0.717) is 0 Å². The van der Waals surface area contributed by atoms with Crippen LogP contribution in [-0.4, -0.2) is 6.54 Å². The maximum atomic E-state index is 3.36. The standard InChI is InChI=1S/C17H21N/c1-4-18-12-15-6-5-7-16(11-15)17-9-8-13(2)14(3)10-17/h5-11,18H,4,12H2,1-3H3. The summed E-state index contributed by atoms with van der Waals surface area (Å²) in [6, 6.07) is 15.4.